The maximum atomic E-state index is 13.1. The van der Waals surface area contributed by atoms with Gasteiger partial charge in [-0.1, -0.05) is 24.3 Å². The van der Waals surface area contributed by atoms with Crippen LogP contribution in [0.25, 0.3) is 33.2 Å². The van der Waals surface area contributed by atoms with Gasteiger partial charge in [0, 0.05) is 36.1 Å². The van der Waals surface area contributed by atoms with Crippen molar-refractivity contribution in [2.75, 3.05) is 0 Å². The number of hydrogen-bond donors (Lipinski definition) is 3. The number of aromatic amines is 1. The standard InChI is InChI=1S/C27H25N5O.C2H4O2/c28-14-19-8-5-9-20(29-19)15-32-16-22(21-10-3-4-11-25(21)32)26-27(33)31-24-13-18-7-2-1-6-17(18)12-23(24)30-26;1-2(3)4/h3-5,8-13,16H,1-2,6-7,14-15,28H2,(H,31,33);1H3,(H,3,4). The maximum Gasteiger partial charge on any atom is 0.300 e. The SMILES string of the molecule is CC(=O)O.NCc1cccc(Cn2cc(-c3nc4cc5c(cc4[nH]c3=O)CCCC5)c3ccccc32)n1. The number of pyridine rings is 1. The third kappa shape index (κ3) is 5.15. The van der Waals surface area contributed by atoms with Gasteiger partial charge < -0.3 is 20.4 Å². The monoisotopic (exact) mass is 495 g/mol. The fraction of sp³-hybridized carbons (Fsp3) is 0.241. The van der Waals surface area contributed by atoms with E-state index in [0.29, 0.717) is 18.8 Å². The number of H-pyrrole nitrogens is 1. The van der Waals surface area contributed by atoms with Gasteiger partial charge in [-0.05, 0) is 67.1 Å². The molecule has 1 aliphatic carbocycles. The maximum absolute atomic E-state index is 13.1. The normalized spacial score (nSPS) is 12.7. The van der Waals surface area contributed by atoms with E-state index < -0.39 is 5.97 Å². The molecule has 5 aromatic rings. The fourth-order valence-corrected chi connectivity index (χ4v) is 4.97. The van der Waals surface area contributed by atoms with E-state index in [-0.39, 0.29) is 5.56 Å². The Morgan fingerprint density at radius 2 is 1.73 bits per heavy atom. The van der Waals surface area contributed by atoms with Crippen LogP contribution in [0.1, 0.15) is 42.3 Å². The van der Waals surface area contributed by atoms with Crippen molar-refractivity contribution in [2.24, 2.45) is 5.73 Å². The average Bonchev–Trinajstić information content (AvgIpc) is 3.25. The van der Waals surface area contributed by atoms with Gasteiger partial charge in [0.15, 0.2) is 0 Å². The highest BCUT2D eigenvalue weighted by Gasteiger charge is 2.17. The molecule has 4 N–H and O–H groups in total. The lowest BCUT2D eigenvalue weighted by atomic mass is 9.91. The summed E-state index contributed by atoms with van der Waals surface area (Å²) >= 11 is 0. The van der Waals surface area contributed by atoms with E-state index in [1.54, 1.807) is 0 Å². The molecule has 6 rings (SSSR count). The molecule has 0 aliphatic heterocycles. The summed E-state index contributed by atoms with van der Waals surface area (Å²) in [7, 11) is 0. The number of carboxylic acid groups (broad SMARTS) is 1. The van der Waals surface area contributed by atoms with E-state index in [1.165, 1.54) is 24.0 Å². The summed E-state index contributed by atoms with van der Waals surface area (Å²) in [6.07, 6.45) is 6.58. The molecule has 8 heteroatoms. The van der Waals surface area contributed by atoms with Crippen LogP contribution in [0, 0.1) is 0 Å². The highest BCUT2D eigenvalue weighted by atomic mass is 16.4. The first kappa shape index (κ1) is 24.4. The van der Waals surface area contributed by atoms with Crippen molar-refractivity contribution in [2.45, 2.75) is 45.7 Å². The molecule has 3 heterocycles. The molecule has 0 saturated heterocycles. The Bertz CT molecular complexity index is 1660. The number of benzene rings is 2. The van der Waals surface area contributed by atoms with Crippen LogP contribution in [0.2, 0.25) is 0 Å². The average molecular weight is 496 g/mol. The minimum Gasteiger partial charge on any atom is -0.481 e. The summed E-state index contributed by atoms with van der Waals surface area (Å²) in [5.74, 6) is -0.833. The van der Waals surface area contributed by atoms with Crippen LogP contribution < -0.4 is 11.3 Å². The zero-order valence-corrected chi connectivity index (χ0v) is 20.7. The van der Waals surface area contributed by atoms with Crippen LogP contribution in [0.5, 0.6) is 0 Å². The van der Waals surface area contributed by atoms with Crippen LogP contribution in [0.4, 0.5) is 0 Å². The first-order valence-corrected chi connectivity index (χ1v) is 12.4. The first-order valence-electron chi connectivity index (χ1n) is 12.4. The number of nitrogens with one attached hydrogen (secondary N) is 1. The van der Waals surface area contributed by atoms with Gasteiger partial charge in [-0.25, -0.2) is 4.98 Å². The van der Waals surface area contributed by atoms with E-state index >= 15 is 0 Å². The summed E-state index contributed by atoms with van der Waals surface area (Å²) in [5.41, 5.74) is 14.1. The van der Waals surface area contributed by atoms with Crippen molar-refractivity contribution < 1.29 is 9.90 Å². The van der Waals surface area contributed by atoms with Crippen molar-refractivity contribution in [1.82, 2.24) is 19.5 Å². The van der Waals surface area contributed by atoms with Crippen molar-refractivity contribution in [3.05, 3.63) is 93.7 Å². The van der Waals surface area contributed by atoms with Crippen LogP contribution >= 0.6 is 0 Å². The van der Waals surface area contributed by atoms with Crippen LogP contribution in [-0.2, 0) is 30.7 Å². The lowest BCUT2D eigenvalue weighted by molar-refractivity contribution is -0.134. The minimum absolute atomic E-state index is 0.163. The number of nitrogens with two attached hydrogens (primary N) is 1. The second kappa shape index (κ2) is 10.4. The molecule has 0 amide bonds. The Morgan fingerprint density at radius 1 is 1.03 bits per heavy atom. The quantitative estimate of drug-likeness (QED) is 0.339. The Morgan fingerprint density at radius 3 is 2.49 bits per heavy atom. The molecule has 188 valence electrons. The second-order valence-corrected chi connectivity index (χ2v) is 9.29. The van der Waals surface area contributed by atoms with Gasteiger partial charge in [-0.3, -0.25) is 14.6 Å². The summed E-state index contributed by atoms with van der Waals surface area (Å²) in [6, 6.07) is 18.3. The predicted molar refractivity (Wildman–Crippen MR) is 144 cm³/mol. The topological polar surface area (TPSA) is 127 Å². The summed E-state index contributed by atoms with van der Waals surface area (Å²) in [5, 5.41) is 8.42. The van der Waals surface area contributed by atoms with Crippen LogP contribution in [0.3, 0.4) is 0 Å². The summed E-state index contributed by atoms with van der Waals surface area (Å²) in [6.45, 7) is 2.08. The highest BCUT2D eigenvalue weighted by Crippen LogP contribution is 2.30. The van der Waals surface area contributed by atoms with Gasteiger partial charge in [0.2, 0.25) is 0 Å². The lowest BCUT2D eigenvalue weighted by Gasteiger charge is -2.16. The Hall–Kier alpha value is -4.30. The lowest BCUT2D eigenvalue weighted by Crippen LogP contribution is -2.13. The number of nitrogens with zero attached hydrogens (tertiary/aromatic N) is 3. The van der Waals surface area contributed by atoms with Crippen molar-refractivity contribution in [1.29, 1.82) is 0 Å². The number of para-hydroxylation sites is 1. The summed E-state index contributed by atoms with van der Waals surface area (Å²) < 4.78 is 2.13. The second-order valence-electron chi connectivity index (χ2n) is 9.29. The molecule has 3 aromatic heterocycles. The molecule has 0 radical (unpaired) electrons. The Kier molecular flexibility index (Phi) is 6.83. The molecule has 0 saturated carbocycles. The number of fused-ring (bicyclic) bond motifs is 3. The first-order chi connectivity index (χ1) is 17.9. The molecular weight excluding hydrogens is 466 g/mol. The molecule has 2 aromatic carbocycles. The van der Waals surface area contributed by atoms with Gasteiger partial charge >= 0.3 is 0 Å². The van der Waals surface area contributed by atoms with E-state index in [9.17, 15) is 4.79 Å². The summed E-state index contributed by atoms with van der Waals surface area (Å²) in [4.78, 5) is 34.7. The zero-order valence-electron chi connectivity index (χ0n) is 20.7. The molecule has 0 atom stereocenters. The van der Waals surface area contributed by atoms with Gasteiger partial charge in [0.05, 0.1) is 29.0 Å². The van der Waals surface area contributed by atoms with E-state index in [4.69, 9.17) is 20.6 Å². The molecule has 1 aliphatic rings. The minimum atomic E-state index is -0.833. The van der Waals surface area contributed by atoms with Crippen LogP contribution in [-0.4, -0.2) is 30.6 Å². The fourth-order valence-electron chi connectivity index (χ4n) is 4.97. The highest BCUT2D eigenvalue weighted by molar-refractivity contribution is 5.96. The molecule has 0 unspecified atom stereocenters. The zero-order chi connectivity index (χ0) is 25.9. The Labute approximate surface area is 213 Å². The van der Waals surface area contributed by atoms with Crippen molar-refractivity contribution >= 4 is 27.9 Å². The van der Waals surface area contributed by atoms with Crippen molar-refractivity contribution in [3.63, 3.8) is 0 Å². The molecule has 0 fully saturated rings. The van der Waals surface area contributed by atoms with Gasteiger partial charge in [0.1, 0.15) is 5.69 Å². The van der Waals surface area contributed by atoms with E-state index in [0.717, 1.165) is 58.7 Å². The van der Waals surface area contributed by atoms with Gasteiger partial charge in [-0.2, -0.15) is 0 Å². The van der Waals surface area contributed by atoms with Gasteiger partial charge in [0.25, 0.3) is 11.5 Å². The number of aryl methyl sites for hydroxylation is 2. The number of hydrogen-bond acceptors (Lipinski definition) is 5. The molecule has 0 bridgehead atoms. The number of carbonyl (C=O) groups is 1. The Balaban J connectivity index is 0.000000655. The van der Waals surface area contributed by atoms with Gasteiger partial charge in [-0.15, -0.1) is 0 Å². The van der Waals surface area contributed by atoms with Crippen molar-refractivity contribution in [3.8, 4) is 11.3 Å². The molecule has 0 spiro atoms. The van der Waals surface area contributed by atoms with E-state index in [1.807, 2.05) is 42.6 Å². The predicted octanol–water partition coefficient (Wildman–Crippen LogP) is 4.42. The number of aromatic nitrogens is 4. The molecular formula is C29H29N5O3. The molecule has 8 nitrogen and oxygen atoms in total. The number of carboxylic acids is 1. The third-order valence-corrected chi connectivity index (χ3v) is 6.61. The third-order valence-electron chi connectivity index (χ3n) is 6.61. The smallest absolute Gasteiger partial charge is 0.300 e. The number of aliphatic carboxylic acids is 1. The molecule has 37 heavy (non-hydrogen) atoms. The van der Waals surface area contributed by atoms with E-state index in [2.05, 4.69) is 32.7 Å². The van der Waals surface area contributed by atoms with Crippen LogP contribution in [0.15, 0.2) is 65.6 Å². The largest absolute Gasteiger partial charge is 0.481 e. The number of rotatable bonds is 4.